The van der Waals surface area contributed by atoms with Gasteiger partial charge in [0.2, 0.25) is 0 Å². The van der Waals surface area contributed by atoms with Gasteiger partial charge in [-0.05, 0) is 12.0 Å². The molecule has 0 aliphatic rings. The molecule has 1 rings (SSSR count). The van der Waals surface area contributed by atoms with E-state index in [1.807, 2.05) is 0 Å². The Balaban J connectivity index is 3.20. The van der Waals surface area contributed by atoms with E-state index in [9.17, 15) is 13.2 Å². The lowest BCUT2D eigenvalue weighted by Gasteiger charge is -2.06. The number of nitrogens with two attached hydrogens (primary N) is 1. The van der Waals surface area contributed by atoms with Crippen molar-refractivity contribution in [3.05, 3.63) is 23.5 Å². The van der Waals surface area contributed by atoms with Crippen LogP contribution in [0.25, 0.3) is 0 Å². The van der Waals surface area contributed by atoms with Crippen molar-refractivity contribution in [2.45, 2.75) is 6.18 Å². The van der Waals surface area contributed by atoms with Gasteiger partial charge in [-0.25, -0.2) is 4.98 Å². The molecule has 2 nitrogen and oxygen atoms in total. The van der Waals surface area contributed by atoms with Crippen molar-refractivity contribution in [3.63, 3.8) is 0 Å². The predicted octanol–water partition coefficient (Wildman–Crippen LogP) is 1.66. The lowest BCUT2D eigenvalue weighted by atomic mass is 10.2. The summed E-state index contributed by atoms with van der Waals surface area (Å²) < 4.78 is 36.2. The summed E-state index contributed by atoms with van der Waals surface area (Å²) in [5, 5.41) is 0. The average molecular weight is 186 g/mol. The van der Waals surface area contributed by atoms with E-state index in [4.69, 9.17) is 12.2 Å². The molecule has 0 aromatic carbocycles. The Kier molecular flexibility index (Phi) is 2.15. The number of halogens is 3. The minimum absolute atomic E-state index is 0.0213. The molecule has 0 fully saturated rings. The Morgan fingerprint density at radius 1 is 1.46 bits per heavy atom. The van der Waals surface area contributed by atoms with Gasteiger partial charge in [0.25, 0.3) is 0 Å². The van der Waals surface area contributed by atoms with E-state index in [-0.39, 0.29) is 11.4 Å². The van der Waals surface area contributed by atoms with Crippen LogP contribution in [0.2, 0.25) is 0 Å². The number of terminal acetylenes is 1. The van der Waals surface area contributed by atoms with Crippen LogP contribution in [-0.2, 0) is 6.18 Å². The zero-order valence-electron chi connectivity index (χ0n) is 6.39. The molecule has 0 atom stereocenters. The SMILES string of the molecule is C#Cc1ncc(C(F)(F)F)cc1N. The van der Waals surface area contributed by atoms with Crippen LogP contribution in [0.3, 0.4) is 0 Å². The molecule has 0 saturated heterocycles. The first kappa shape index (κ1) is 9.39. The van der Waals surface area contributed by atoms with E-state index < -0.39 is 11.7 Å². The molecule has 1 heterocycles. The molecule has 13 heavy (non-hydrogen) atoms. The molecule has 0 amide bonds. The van der Waals surface area contributed by atoms with Crippen LogP contribution in [0.1, 0.15) is 11.3 Å². The van der Waals surface area contributed by atoms with Gasteiger partial charge in [0.1, 0.15) is 5.69 Å². The van der Waals surface area contributed by atoms with Gasteiger partial charge in [0.05, 0.1) is 11.3 Å². The van der Waals surface area contributed by atoms with Gasteiger partial charge in [0.15, 0.2) is 0 Å². The first-order valence-electron chi connectivity index (χ1n) is 3.24. The molecule has 0 bridgehead atoms. The third-order valence-electron chi connectivity index (χ3n) is 1.38. The molecule has 0 aliphatic heterocycles. The highest BCUT2D eigenvalue weighted by atomic mass is 19.4. The Morgan fingerprint density at radius 3 is 2.46 bits per heavy atom. The summed E-state index contributed by atoms with van der Waals surface area (Å²) in [6, 6.07) is 0.766. The van der Waals surface area contributed by atoms with Crippen molar-refractivity contribution in [2.75, 3.05) is 5.73 Å². The molecule has 2 N–H and O–H groups in total. The van der Waals surface area contributed by atoms with Crippen molar-refractivity contribution in [1.29, 1.82) is 0 Å². The average Bonchev–Trinajstić information content (AvgIpc) is 2.02. The smallest absolute Gasteiger partial charge is 0.396 e. The largest absolute Gasteiger partial charge is 0.417 e. The maximum absolute atomic E-state index is 12.1. The highest BCUT2D eigenvalue weighted by molar-refractivity contribution is 5.52. The maximum Gasteiger partial charge on any atom is 0.417 e. The molecule has 1 aromatic rings. The van der Waals surface area contributed by atoms with Crippen molar-refractivity contribution in [3.8, 4) is 12.3 Å². The highest BCUT2D eigenvalue weighted by Gasteiger charge is 2.31. The second-order valence-electron chi connectivity index (χ2n) is 2.30. The topological polar surface area (TPSA) is 38.9 Å². The predicted molar refractivity (Wildman–Crippen MR) is 41.6 cm³/mol. The molecule has 1 aromatic heterocycles. The number of pyridine rings is 1. The van der Waals surface area contributed by atoms with Crippen LogP contribution in [0.15, 0.2) is 12.3 Å². The first-order valence-corrected chi connectivity index (χ1v) is 3.24. The van der Waals surface area contributed by atoms with Crippen molar-refractivity contribution in [2.24, 2.45) is 0 Å². The molecular formula is C8H5F3N2. The Morgan fingerprint density at radius 2 is 2.08 bits per heavy atom. The monoisotopic (exact) mass is 186 g/mol. The molecule has 0 unspecified atom stereocenters. The van der Waals surface area contributed by atoms with Gasteiger partial charge in [-0.3, -0.25) is 0 Å². The maximum atomic E-state index is 12.1. The summed E-state index contributed by atoms with van der Waals surface area (Å²) >= 11 is 0. The summed E-state index contributed by atoms with van der Waals surface area (Å²) in [6.07, 6.45) is 1.16. The lowest BCUT2D eigenvalue weighted by Crippen LogP contribution is -2.07. The van der Waals surface area contributed by atoms with E-state index in [1.54, 1.807) is 0 Å². The second-order valence-corrected chi connectivity index (χ2v) is 2.30. The fourth-order valence-electron chi connectivity index (χ4n) is 0.757. The van der Waals surface area contributed by atoms with Crippen LogP contribution in [0.4, 0.5) is 18.9 Å². The summed E-state index contributed by atoms with van der Waals surface area (Å²) in [5.74, 6) is 2.07. The Hall–Kier alpha value is -1.70. The molecule has 0 aliphatic carbocycles. The standard InChI is InChI=1S/C8H5F3N2/c1-2-7-6(12)3-5(4-13-7)8(9,10)11/h1,3-4H,12H2. The van der Waals surface area contributed by atoms with Crippen LogP contribution in [-0.4, -0.2) is 4.98 Å². The number of nitrogens with zero attached hydrogens (tertiary/aromatic N) is 1. The minimum atomic E-state index is -4.44. The molecule has 68 valence electrons. The summed E-state index contributed by atoms with van der Waals surface area (Å²) in [5.41, 5.74) is 4.20. The van der Waals surface area contributed by atoms with E-state index in [2.05, 4.69) is 10.9 Å². The third-order valence-corrected chi connectivity index (χ3v) is 1.38. The second kappa shape index (κ2) is 2.98. The van der Waals surface area contributed by atoms with Crippen LogP contribution in [0.5, 0.6) is 0 Å². The van der Waals surface area contributed by atoms with Gasteiger partial charge < -0.3 is 5.73 Å². The van der Waals surface area contributed by atoms with E-state index >= 15 is 0 Å². The number of aromatic nitrogens is 1. The van der Waals surface area contributed by atoms with Crippen LogP contribution < -0.4 is 5.73 Å². The number of hydrogen-bond acceptors (Lipinski definition) is 2. The zero-order valence-corrected chi connectivity index (χ0v) is 6.39. The normalized spacial score (nSPS) is 10.9. The Bertz CT molecular complexity index is 363. The van der Waals surface area contributed by atoms with Crippen molar-refractivity contribution < 1.29 is 13.2 Å². The van der Waals surface area contributed by atoms with Gasteiger partial charge >= 0.3 is 6.18 Å². The van der Waals surface area contributed by atoms with Crippen molar-refractivity contribution in [1.82, 2.24) is 4.98 Å². The third kappa shape index (κ3) is 1.90. The summed E-state index contributed by atoms with van der Waals surface area (Å²) in [4.78, 5) is 3.38. The van der Waals surface area contributed by atoms with E-state index in [0.717, 1.165) is 6.07 Å². The molecule has 0 spiro atoms. The quantitative estimate of drug-likeness (QED) is 0.626. The number of rotatable bonds is 0. The Labute approximate surface area is 72.6 Å². The molecular weight excluding hydrogens is 181 g/mol. The van der Waals surface area contributed by atoms with Crippen molar-refractivity contribution >= 4 is 5.69 Å². The fourth-order valence-corrected chi connectivity index (χ4v) is 0.757. The van der Waals surface area contributed by atoms with Gasteiger partial charge in [-0.1, -0.05) is 0 Å². The number of hydrogen-bond donors (Lipinski definition) is 1. The van der Waals surface area contributed by atoms with Crippen LogP contribution in [0, 0.1) is 12.3 Å². The van der Waals surface area contributed by atoms with Gasteiger partial charge in [-0.2, -0.15) is 13.2 Å². The van der Waals surface area contributed by atoms with E-state index in [0.29, 0.717) is 6.20 Å². The van der Waals surface area contributed by atoms with Crippen LogP contribution >= 0.6 is 0 Å². The van der Waals surface area contributed by atoms with Gasteiger partial charge in [0, 0.05) is 6.20 Å². The number of alkyl halides is 3. The molecule has 0 radical (unpaired) electrons. The fraction of sp³-hybridized carbons (Fsp3) is 0.125. The van der Waals surface area contributed by atoms with E-state index in [1.165, 1.54) is 0 Å². The highest BCUT2D eigenvalue weighted by Crippen LogP contribution is 2.30. The molecule has 5 heteroatoms. The lowest BCUT2D eigenvalue weighted by molar-refractivity contribution is -0.137. The summed E-state index contributed by atoms with van der Waals surface area (Å²) in [7, 11) is 0. The number of nitrogen functional groups attached to an aromatic ring is 1. The molecule has 0 saturated carbocycles. The minimum Gasteiger partial charge on any atom is -0.396 e. The summed E-state index contributed by atoms with van der Waals surface area (Å²) in [6.45, 7) is 0. The number of anilines is 1. The van der Waals surface area contributed by atoms with Gasteiger partial charge in [-0.15, -0.1) is 6.42 Å². The first-order chi connectivity index (χ1) is 5.95. The zero-order chi connectivity index (χ0) is 10.1.